The van der Waals surface area contributed by atoms with Crippen molar-refractivity contribution in [3.05, 3.63) is 82.2 Å². The second kappa shape index (κ2) is 11.4. The number of aliphatic imine (C=N–C) groups is 1. The molecular formula is C25H32IN5O. The molecule has 3 aromatic rings. The van der Waals surface area contributed by atoms with E-state index in [4.69, 9.17) is 9.84 Å². The predicted octanol–water partition coefficient (Wildman–Crippen LogP) is 4.01. The minimum atomic E-state index is 0. The molecule has 6 nitrogen and oxygen atoms in total. The molecule has 4 rings (SSSR count). The Balaban J connectivity index is 0.00000289. The molecule has 0 radical (unpaired) electrons. The molecule has 0 fully saturated rings. The lowest BCUT2D eigenvalue weighted by atomic mass is 10.1. The highest BCUT2D eigenvalue weighted by atomic mass is 127. The minimum absolute atomic E-state index is 0. The van der Waals surface area contributed by atoms with Crippen molar-refractivity contribution >= 4 is 29.9 Å². The molecule has 0 unspecified atom stereocenters. The van der Waals surface area contributed by atoms with Gasteiger partial charge >= 0.3 is 0 Å². The highest BCUT2D eigenvalue weighted by molar-refractivity contribution is 14.0. The average molecular weight is 545 g/mol. The van der Waals surface area contributed by atoms with Gasteiger partial charge in [-0.2, -0.15) is 5.10 Å². The number of nitrogens with one attached hydrogen (secondary N) is 2. The van der Waals surface area contributed by atoms with Crippen molar-refractivity contribution < 1.29 is 4.74 Å². The Morgan fingerprint density at radius 2 is 1.91 bits per heavy atom. The summed E-state index contributed by atoms with van der Waals surface area (Å²) in [6, 6.07) is 16.9. The molecule has 0 saturated heterocycles. The van der Waals surface area contributed by atoms with Crippen molar-refractivity contribution in [1.82, 2.24) is 20.4 Å². The molecule has 0 saturated carbocycles. The molecule has 0 bridgehead atoms. The zero-order valence-electron chi connectivity index (χ0n) is 19.0. The number of guanidine groups is 1. The van der Waals surface area contributed by atoms with Crippen LogP contribution in [0, 0.1) is 13.8 Å². The molecular weight excluding hydrogens is 513 g/mol. The quantitative estimate of drug-likeness (QED) is 0.268. The summed E-state index contributed by atoms with van der Waals surface area (Å²) < 4.78 is 7.67. The van der Waals surface area contributed by atoms with Gasteiger partial charge in [-0.25, -0.2) is 0 Å². The summed E-state index contributed by atoms with van der Waals surface area (Å²) in [5.74, 6) is 1.84. The van der Waals surface area contributed by atoms with E-state index in [2.05, 4.69) is 76.6 Å². The maximum Gasteiger partial charge on any atom is 0.191 e. The molecule has 32 heavy (non-hydrogen) atoms. The first-order chi connectivity index (χ1) is 15.1. The Morgan fingerprint density at radius 3 is 2.69 bits per heavy atom. The Morgan fingerprint density at radius 1 is 1.09 bits per heavy atom. The molecule has 7 heteroatoms. The van der Waals surface area contributed by atoms with Crippen LogP contribution in [-0.4, -0.2) is 35.9 Å². The van der Waals surface area contributed by atoms with Gasteiger partial charge in [0.05, 0.1) is 18.8 Å². The van der Waals surface area contributed by atoms with E-state index in [-0.39, 0.29) is 24.0 Å². The highest BCUT2D eigenvalue weighted by Gasteiger charge is 2.13. The van der Waals surface area contributed by atoms with Crippen LogP contribution in [0.2, 0.25) is 0 Å². The van der Waals surface area contributed by atoms with Gasteiger partial charge in [-0.1, -0.05) is 42.5 Å². The number of fused-ring (bicyclic) bond motifs is 1. The fourth-order valence-corrected chi connectivity index (χ4v) is 4.01. The van der Waals surface area contributed by atoms with E-state index in [0.717, 1.165) is 49.9 Å². The van der Waals surface area contributed by atoms with E-state index < -0.39 is 0 Å². The van der Waals surface area contributed by atoms with Crippen molar-refractivity contribution in [1.29, 1.82) is 0 Å². The lowest BCUT2D eigenvalue weighted by Crippen LogP contribution is -2.38. The monoisotopic (exact) mass is 545 g/mol. The zero-order valence-corrected chi connectivity index (χ0v) is 21.3. The third-order valence-corrected chi connectivity index (χ3v) is 5.82. The summed E-state index contributed by atoms with van der Waals surface area (Å²) >= 11 is 0. The Bertz CT molecular complexity index is 1060. The third kappa shape index (κ3) is 5.82. The topological polar surface area (TPSA) is 63.5 Å². The molecule has 1 aliphatic heterocycles. The molecule has 0 aliphatic carbocycles. The maximum atomic E-state index is 5.59. The van der Waals surface area contributed by atoms with Crippen LogP contribution in [-0.2, 0) is 25.9 Å². The lowest BCUT2D eigenvalue weighted by Gasteiger charge is -2.13. The van der Waals surface area contributed by atoms with Crippen LogP contribution in [0.4, 0.5) is 0 Å². The number of halogens is 1. The van der Waals surface area contributed by atoms with Gasteiger partial charge in [-0.05, 0) is 43.0 Å². The molecule has 170 valence electrons. The van der Waals surface area contributed by atoms with Crippen molar-refractivity contribution in [2.45, 2.75) is 39.8 Å². The van der Waals surface area contributed by atoms with Gasteiger partial charge in [0.15, 0.2) is 5.96 Å². The number of hydrogen-bond acceptors (Lipinski definition) is 3. The summed E-state index contributed by atoms with van der Waals surface area (Å²) in [4.78, 5) is 4.37. The van der Waals surface area contributed by atoms with E-state index in [1.165, 1.54) is 27.9 Å². The van der Waals surface area contributed by atoms with Gasteiger partial charge in [0.25, 0.3) is 0 Å². The number of nitrogens with zero attached hydrogens (tertiary/aromatic N) is 3. The van der Waals surface area contributed by atoms with Crippen LogP contribution in [0.15, 0.2) is 53.5 Å². The minimum Gasteiger partial charge on any atom is -0.493 e. The van der Waals surface area contributed by atoms with Crippen molar-refractivity contribution in [3.63, 3.8) is 0 Å². The van der Waals surface area contributed by atoms with Crippen LogP contribution in [0.5, 0.6) is 5.75 Å². The third-order valence-electron chi connectivity index (χ3n) is 5.82. The highest BCUT2D eigenvalue weighted by Crippen LogP contribution is 2.25. The fourth-order valence-electron chi connectivity index (χ4n) is 4.01. The number of hydrogen-bond donors (Lipinski definition) is 2. The first-order valence-corrected chi connectivity index (χ1v) is 10.9. The first kappa shape index (κ1) is 24.1. The van der Waals surface area contributed by atoms with E-state index in [1.807, 2.05) is 6.07 Å². The summed E-state index contributed by atoms with van der Waals surface area (Å²) in [5, 5.41) is 11.6. The van der Waals surface area contributed by atoms with Gasteiger partial charge in [-0.15, -0.1) is 24.0 Å². The van der Waals surface area contributed by atoms with E-state index >= 15 is 0 Å². The molecule has 2 aromatic carbocycles. The number of ether oxygens (including phenoxy) is 1. The summed E-state index contributed by atoms with van der Waals surface area (Å²) in [7, 11) is 1.81. The molecule has 0 atom stereocenters. The SMILES string of the molecule is CN=C(NCCc1ccc2c(c1)CCO2)NCc1c(C)nn(Cc2ccccc2)c1C.I. The van der Waals surface area contributed by atoms with Crippen molar-refractivity contribution in [3.8, 4) is 5.75 Å². The van der Waals surface area contributed by atoms with Gasteiger partial charge in [-0.3, -0.25) is 9.67 Å². The van der Waals surface area contributed by atoms with Crippen LogP contribution >= 0.6 is 24.0 Å². The average Bonchev–Trinajstić information content (AvgIpc) is 3.35. The van der Waals surface area contributed by atoms with Gasteiger partial charge in [0, 0.05) is 37.8 Å². The van der Waals surface area contributed by atoms with Crippen LogP contribution in [0.3, 0.4) is 0 Å². The zero-order chi connectivity index (χ0) is 21.6. The van der Waals surface area contributed by atoms with Gasteiger partial charge < -0.3 is 15.4 Å². The van der Waals surface area contributed by atoms with Crippen LogP contribution in [0.25, 0.3) is 0 Å². The fraction of sp³-hybridized carbons (Fsp3) is 0.360. The molecule has 1 aliphatic rings. The predicted molar refractivity (Wildman–Crippen MR) is 140 cm³/mol. The molecule has 2 heterocycles. The van der Waals surface area contributed by atoms with E-state index in [1.54, 1.807) is 7.05 Å². The first-order valence-electron chi connectivity index (χ1n) is 10.9. The normalized spacial score (nSPS) is 12.7. The largest absolute Gasteiger partial charge is 0.493 e. The second-order valence-corrected chi connectivity index (χ2v) is 7.94. The molecule has 0 spiro atoms. The number of aromatic nitrogens is 2. The Hall–Kier alpha value is -2.55. The number of aryl methyl sites for hydroxylation is 1. The summed E-state index contributed by atoms with van der Waals surface area (Å²) in [6.07, 6.45) is 1.96. The molecule has 0 amide bonds. The number of benzene rings is 2. The molecule has 1 aromatic heterocycles. The molecule has 2 N–H and O–H groups in total. The van der Waals surface area contributed by atoms with Crippen LogP contribution < -0.4 is 15.4 Å². The summed E-state index contributed by atoms with van der Waals surface area (Å²) in [5.41, 5.74) is 7.35. The second-order valence-electron chi connectivity index (χ2n) is 7.94. The Kier molecular flexibility index (Phi) is 8.55. The van der Waals surface area contributed by atoms with E-state index in [0.29, 0.717) is 6.54 Å². The van der Waals surface area contributed by atoms with Crippen molar-refractivity contribution in [2.75, 3.05) is 20.2 Å². The van der Waals surface area contributed by atoms with Crippen LogP contribution in [0.1, 0.15) is 33.6 Å². The Labute approximate surface area is 207 Å². The lowest BCUT2D eigenvalue weighted by molar-refractivity contribution is 0.357. The van der Waals surface area contributed by atoms with Gasteiger partial charge in [0.2, 0.25) is 0 Å². The maximum absolute atomic E-state index is 5.59. The summed E-state index contributed by atoms with van der Waals surface area (Å²) in [6.45, 7) is 7.31. The van der Waals surface area contributed by atoms with Crippen molar-refractivity contribution in [2.24, 2.45) is 4.99 Å². The standard InChI is InChI=1S/C25H31N5O.HI/c1-18-23(19(2)30(29-18)17-21-7-5-4-6-8-21)16-28-25(26-3)27-13-11-20-9-10-24-22(15-20)12-14-31-24;/h4-10,15H,11-14,16-17H2,1-3H3,(H2,26,27,28);1H. The van der Waals surface area contributed by atoms with E-state index in [9.17, 15) is 0 Å². The van der Waals surface area contributed by atoms with Gasteiger partial charge in [0.1, 0.15) is 5.75 Å². The smallest absolute Gasteiger partial charge is 0.191 e. The number of rotatable bonds is 7.